The van der Waals surface area contributed by atoms with Gasteiger partial charge in [-0.2, -0.15) is 4.98 Å². The fraction of sp³-hybridized carbons (Fsp3) is 0.400. The maximum absolute atomic E-state index is 14.5. The van der Waals surface area contributed by atoms with E-state index in [2.05, 4.69) is 15.3 Å². The van der Waals surface area contributed by atoms with E-state index >= 15 is 0 Å². The molecule has 31 heavy (non-hydrogen) atoms. The average molecular weight is 452 g/mol. The van der Waals surface area contributed by atoms with Crippen LogP contribution in [-0.2, 0) is 9.59 Å². The van der Waals surface area contributed by atoms with Crippen molar-refractivity contribution in [3.05, 3.63) is 46.9 Å². The highest BCUT2D eigenvalue weighted by molar-refractivity contribution is 6.28. The van der Waals surface area contributed by atoms with E-state index in [4.69, 9.17) is 23.1 Å². The number of carboxylic acids is 1. The summed E-state index contributed by atoms with van der Waals surface area (Å²) in [5.74, 6) is -6.41. The summed E-state index contributed by atoms with van der Waals surface area (Å²) in [5.41, 5.74) is 11.6. The van der Waals surface area contributed by atoms with E-state index in [1.165, 1.54) is 12.1 Å². The van der Waals surface area contributed by atoms with Crippen molar-refractivity contribution >= 4 is 35.0 Å². The molecule has 6 atom stereocenters. The van der Waals surface area contributed by atoms with Gasteiger partial charge in [0.2, 0.25) is 11.2 Å². The van der Waals surface area contributed by atoms with Crippen LogP contribution < -0.4 is 16.8 Å². The van der Waals surface area contributed by atoms with Crippen molar-refractivity contribution < 1.29 is 23.5 Å². The molecule has 1 aromatic heterocycles. The lowest BCUT2D eigenvalue weighted by atomic mass is 9.70. The number of benzene rings is 1. The van der Waals surface area contributed by atoms with Gasteiger partial charge >= 0.3 is 5.97 Å². The smallest absolute Gasteiger partial charge is 0.311 e. The van der Waals surface area contributed by atoms with Crippen LogP contribution in [0, 0.1) is 35.3 Å². The molecule has 2 fully saturated rings. The Morgan fingerprint density at radius 1 is 1.26 bits per heavy atom. The minimum atomic E-state index is -1.20. The third-order valence-corrected chi connectivity index (χ3v) is 6.63. The van der Waals surface area contributed by atoms with Crippen LogP contribution in [-0.4, -0.2) is 33.0 Å². The summed E-state index contributed by atoms with van der Waals surface area (Å²) in [6, 6.07) is 3.12. The number of anilines is 2. The monoisotopic (exact) mass is 451 g/mol. The lowest BCUT2D eigenvalue weighted by Gasteiger charge is -2.37. The number of nitrogens with zero attached hydrogens (tertiary/aromatic N) is 2. The zero-order valence-corrected chi connectivity index (χ0v) is 16.9. The summed E-state index contributed by atoms with van der Waals surface area (Å²) in [7, 11) is 0. The Labute approximate surface area is 181 Å². The van der Waals surface area contributed by atoms with Crippen molar-refractivity contribution in [2.45, 2.75) is 24.8 Å². The first kappa shape index (κ1) is 21.2. The van der Waals surface area contributed by atoms with E-state index in [1.807, 2.05) is 0 Å². The summed E-state index contributed by atoms with van der Waals surface area (Å²) in [6.07, 6.45) is 1.75. The zero-order valence-electron chi connectivity index (χ0n) is 16.1. The quantitative estimate of drug-likeness (QED) is 0.390. The largest absolute Gasteiger partial charge is 0.481 e. The minimum absolute atomic E-state index is 0.0179. The van der Waals surface area contributed by atoms with Gasteiger partial charge < -0.3 is 21.9 Å². The molecule has 2 aliphatic carbocycles. The number of carbonyl (C=O) groups is 2. The first-order valence-electron chi connectivity index (χ1n) is 9.69. The molecule has 11 heteroatoms. The third-order valence-electron chi connectivity index (χ3n) is 6.45. The fourth-order valence-corrected chi connectivity index (χ4v) is 5.49. The molecule has 2 aliphatic rings. The van der Waals surface area contributed by atoms with Crippen LogP contribution in [0.5, 0.6) is 0 Å². The lowest BCUT2D eigenvalue weighted by molar-refractivity contribution is -0.141. The normalized spacial score (nSPS) is 27.8. The molecule has 2 aromatic rings. The molecule has 1 aromatic carbocycles. The number of nitrogen functional groups attached to an aromatic ring is 1. The second-order valence-corrected chi connectivity index (χ2v) is 8.43. The molecule has 6 N–H and O–H groups in total. The van der Waals surface area contributed by atoms with Gasteiger partial charge in [-0.15, -0.1) is 0 Å². The standard InChI is InChI=1S/C20H20ClF2N5O3/c21-20-26-6-13(23)18(28-20)27-16-10-4-7(14(16)17(25)29)3-9(10)15(19(30)31)11-5-8(24)1-2-12(11)22/h1-2,5-7,9-10,14-16H,3-4,24H2,(H2,25,29)(H,30,31)(H,26,27,28). The SMILES string of the molecule is NC(=O)C1C2CC(C(C(=O)O)c3cc(N)ccc3F)C(C2)C1Nc1nc(Cl)ncc1F. The number of fused-ring (bicyclic) bond motifs is 2. The molecule has 1 heterocycles. The van der Waals surface area contributed by atoms with Gasteiger partial charge in [0.15, 0.2) is 11.6 Å². The van der Waals surface area contributed by atoms with E-state index in [-0.39, 0.29) is 28.3 Å². The van der Waals surface area contributed by atoms with Crippen LogP contribution >= 0.6 is 11.6 Å². The Balaban J connectivity index is 1.71. The summed E-state index contributed by atoms with van der Waals surface area (Å²) in [4.78, 5) is 31.7. The Kier molecular flexibility index (Phi) is 5.42. The molecule has 0 spiro atoms. The van der Waals surface area contributed by atoms with Gasteiger partial charge in [0.25, 0.3) is 0 Å². The summed E-state index contributed by atoms with van der Waals surface area (Å²) < 4.78 is 28.8. The molecule has 6 unspecified atom stereocenters. The summed E-state index contributed by atoms with van der Waals surface area (Å²) in [6.45, 7) is 0. The lowest BCUT2D eigenvalue weighted by Crippen LogP contribution is -2.47. The van der Waals surface area contributed by atoms with Gasteiger partial charge in [-0.3, -0.25) is 9.59 Å². The fourth-order valence-electron chi connectivity index (χ4n) is 5.35. The number of aromatic nitrogens is 2. The van der Waals surface area contributed by atoms with Crippen molar-refractivity contribution in [3.63, 3.8) is 0 Å². The third kappa shape index (κ3) is 3.76. The van der Waals surface area contributed by atoms with Gasteiger partial charge in [-0.05, 0) is 60.4 Å². The second kappa shape index (κ2) is 7.92. The minimum Gasteiger partial charge on any atom is -0.481 e. The van der Waals surface area contributed by atoms with Crippen molar-refractivity contribution in [3.8, 4) is 0 Å². The van der Waals surface area contributed by atoms with Gasteiger partial charge in [-0.25, -0.2) is 13.8 Å². The number of nitrogens with two attached hydrogens (primary N) is 2. The summed E-state index contributed by atoms with van der Waals surface area (Å²) >= 11 is 5.76. The molecule has 2 saturated carbocycles. The highest BCUT2D eigenvalue weighted by Crippen LogP contribution is 2.57. The number of halogens is 3. The molecule has 0 saturated heterocycles. The van der Waals surface area contributed by atoms with Gasteiger partial charge in [0.1, 0.15) is 5.82 Å². The predicted molar refractivity (Wildman–Crippen MR) is 108 cm³/mol. The van der Waals surface area contributed by atoms with Gasteiger partial charge in [-0.1, -0.05) is 0 Å². The number of amides is 1. The summed E-state index contributed by atoms with van der Waals surface area (Å²) in [5, 5.41) is 12.6. The van der Waals surface area contributed by atoms with Crippen LogP contribution in [0.2, 0.25) is 5.28 Å². The Morgan fingerprint density at radius 3 is 2.68 bits per heavy atom. The van der Waals surface area contributed by atoms with Crippen LogP contribution in [0.15, 0.2) is 24.4 Å². The number of rotatable bonds is 6. The molecule has 0 aliphatic heterocycles. The Hall–Kier alpha value is -3.01. The van der Waals surface area contributed by atoms with Gasteiger partial charge in [0, 0.05) is 17.3 Å². The topological polar surface area (TPSA) is 144 Å². The highest BCUT2D eigenvalue weighted by Gasteiger charge is 2.58. The van der Waals surface area contributed by atoms with Crippen molar-refractivity contribution in [2.75, 3.05) is 11.1 Å². The molecule has 4 rings (SSSR count). The molecular formula is C20H20ClF2N5O3. The van der Waals surface area contributed by atoms with E-state index in [0.29, 0.717) is 12.8 Å². The first-order valence-corrected chi connectivity index (χ1v) is 10.1. The number of carbonyl (C=O) groups excluding carboxylic acids is 1. The molecule has 8 nitrogen and oxygen atoms in total. The van der Waals surface area contributed by atoms with Crippen LogP contribution in [0.3, 0.4) is 0 Å². The van der Waals surface area contributed by atoms with Crippen LogP contribution in [0.1, 0.15) is 24.3 Å². The molecule has 1 amide bonds. The maximum atomic E-state index is 14.5. The van der Waals surface area contributed by atoms with Crippen molar-refractivity contribution in [1.82, 2.24) is 9.97 Å². The highest BCUT2D eigenvalue weighted by atomic mass is 35.5. The Bertz CT molecular complexity index is 1050. The van der Waals surface area contributed by atoms with Gasteiger partial charge in [0.05, 0.1) is 18.0 Å². The van der Waals surface area contributed by atoms with Crippen LogP contribution in [0.4, 0.5) is 20.3 Å². The zero-order chi connectivity index (χ0) is 22.4. The predicted octanol–water partition coefficient (Wildman–Crippen LogP) is 2.40. The van der Waals surface area contributed by atoms with E-state index in [9.17, 15) is 23.5 Å². The maximum Gasteiger partial charge on any atom is 0.311 e. The van der Waals surface area contributed by atoms with Crippen molar-refractivity contribution in [2.24, 2.45) is 29.4 Å². The molecule has 2 bridgehead atoms. The molecular weight excluding hydrogens is 432 g/mol. The first-order chi connectivity index (χ1) is 14.7. The average Bonchev–Trinajstić information content (AvgIpc) is 3.26. The Morgan fingerprint density at radius 2 is 2.00 bits per heavy atom. The number of aliphatic carboxylic acids is 1. The number of nitrogens with one attached hydrogen (secondary N) is 1. The van der Waals surface area contributed by atoms with E-state index < -0.39 is 53.2 Å². The number of primary amides is 1. The van der Waals surface area contributed by atoms with Crippen molar-refractivity contribution in [1.29, 1.82) is 0 Å². The van der Waals surface area contributed by atoms with E-state index in [0.717, 1.165) is 12.3 Å². The number of hydrogen-bond acceptors (Lipinski definition) is 6. The number of carboxylic acid groups (broad SMARTS) is 1. The molecule has 164 valence electrons. The van der Waals surface area contributed by atoms with Crippen LogP contribution in [0.25, 0.3) is 0 Å². The number of hydrogen-bond donors (Lipinski definition) is 4. The second-order valence-electron chi connectivity index (χ2n) is 8.09. The molecule has 0 radical (unpaired) electrons. The van der Waals surface area contributed by atoms with E-state index in [1.54, 1.807) is 0 Å².